The molecule has 0 spiro atoms. The standard InChI is InChI=1S/C13H27N3O3S/c1-14-11-12-5-8-16(9-6-12)20(17,18)15-7-4-13-3-2-10-19-13/h12-15H,2-11H2,1H3. The van der Waals surface area contributed by atoms with Crippen molar-refractivity contribution in [2.75, 3.05) is 39.8 Å². The zero-order chi connectivity index (χ0) is 14.4. The van der Waals surface area contributed by atoms with Crippen molar-refractivity contribution in [3.8, 4) is 0 Å². The van der Waals surface area contributed by atoms with Gasteiger partial charge in [-0.05, 0) is 51.6 Å². The fourth-order valence-corrected chi connectivity index (χ4v) is 4.20. The van der Waals surface area contributed by atoms with E-state index in [2.05, 4.69) is 10.0 Å². The van der Waals surface area contributed by atoms with E-state index in [1.54, 1.807) is 4.31 Å². The number of ether oxygens (including phenoxy) is 1. The molecular weight excluding hydrogens is 278 g/mol. The molecule has 0 aromatic heterocycles. The van der Waals surface area contributed by atoms with Gasteiger partial charge in [0.1, 0.15) is 0 Å². The summed E-state index contributed by atoms with van der Waals surface area (Å²) in [4.78, 5) is 0. The number of nitrogens with zero attached hydrogens (tertiary/aromatic N) is 1. The third-order valence-electron chi connectivity index (χ3n) is 4.18. The zero-order valence-electron chi connectivity index (χ0n) is 12.3. The van der Waals surface area contributed by atoms with E-state index in [1.165, 1.54) is 0 Å². The number of rotatable bonds is 7. The maximum absolute atomic E-state index is 12.2. The second-order valence-corrected chi connectivity index (χ2v) is 7.48. The van der Waals surface area contributed by atoms with Crippen LogP contribution in [0.1, 0.15) is 32.1 Å². The highest BCUT2D eigenvalue weighted by molar-refractivity contribution is 7.87. The first-order valence-electron chi connectivity index (χ1n) is 7.63. The molecule has 1 unspecified atom stereocenters. The molecule has 20 heavy (non-hydrogen) atoms. The minimum atomic E-state index is -3.31. The average Bonchev–Trinajstić information content (AvgIpc) is 2.93. The van der Waals surface area contributed by atoms with Gasteiger partial charge in [0.2, 0.25) is 0 Å². The van der Waals surface area contributed by atoms with Crippen LogP contribution in [0.25, 0.3) is 0 Å². The molecule has 2 aliphatic heterocycles. The summed E-state index contributed by atoms with van der Waals surface area (Å²) in [5.41, 5.74) is 0. The van der Waals surface area contributed by atoms with Crippen molar-refractivity contribution in [2.45, 2.75) is 38.2 Å². The van der Waals surface area contributed by atoms with Crippen LogP contribution >= 0.6 is 0 Å². The van der Waals surface area contributed by atoms with Crippen LogP contribution in [0.3, 0.4) is 0 Å². The Morgan fingerprint density at radius 2 is 2.00 bits per heavy atom. The van der Waals surface area contributed by atoms with Gasteiger partial charge in [-0.25, -0.2) is 4.72 Å². The van der Waals surface area contributed by atoms with Gasteiger partial charge in [0.15, 0.2) is 0 Å². The fourth-order valence-electron chi connectivity index (χ4n) is 2.95. The molecule has 0 aromatic rings. The fraction of sp³-hybridized carbons (Fsp3) is 1.00. The summed E-state index contributed by atoms with van der Waals surface area (Å²) >= 11 is 0. The monoisotopic (exact) mass is 305 g/mol. The second kappa shape index (κ2) is 7.70. The number of hydrogen-bond donors (Lipinski definition) is 2. The van der Waals surface area contributed by atoms with E-state index in [4.69, 9.17) is 4.74 Å². The molecule has 0 saturated carbocycles. The number of piperidine rings is 1. The van der Waals surface area contributed by atoms with E-state index >= 15 is 0 Å². The Balaban J connectivity index is 1.70. The lowest BCUT2D eigenvalue weighted by atomic mass is 9.98. The van der Waals surface area contributed by atoms with Gasteiger partial charge in [0.05, 0.1) is 6.10 Å². The topological polar surface area (TPSA) is 70.7 Å². The zero-order valence-corrected chi connectivity index (χ0v) is 13.1. The van der Waals surface area contributed by atoms with Gasteiger partial charge < -0.3 is 10.1 Å². The highest BCUT2D eigenvalue weighted by Gasteiger charge is 2.27. The van der Waals surface area contributed by atoms with Crippen molar-refractivity contribution >= 4 is 10.2 Å². The highest BCUT2D eigenvalue weighted by atomic mass is 32.2. The van der Waals surface area contributed by atoms with E-state index < -0.39 is 10.2 Å². The second-order valence-electron chi connectivity index (χ2n) is 5.72. The first kappa shape index (κ1) is 16.2. The van der Waals surface area contributed by atoms with E-state index in [0.717, 1.165) is 45.3 Å². The van der Waals surface area contributed by atoms with Crippen LogP contribution in [0.5, 0.6) is 0 Å². The molecule has 0 aliphatic carbocycles. The predicted molar refractivity (Wildman–Crippen MR) is 78.7 cm³/mol. The summed E-state index contributed by atoms with van der Waals surface area (Å²) in [6, 6.07) is 0. The van der Waals surface area contributed by atoms with Crippen molar-refractivity contribution in [1.29, 1.82) is 0 Å². The molecule has 0 amide bonds. The van der Waals surface area contributed by atoms with Crippen molar-refractivity contribution in [1.82, 2.24) is 14.3 Å². The molecule has 2 N–H and O–H groups in total. The quantitative estimate of drug-likeness (QED) is 0.711. The molecule has 0 aromatic carbocycles. The summed E-state index contributed by atoms with van der Waals surface area (Å²) in [5.74, 6) is 0.596. The van der Waals surface area contributed by atoms with Crippen LogP contribution in [0.15, 0.2) is 0 Å². The van der Waals surface area contributed by atoms with E-state index in [-0.39, 0.29) is 6.10 Å². The number of hydrogen-bond acceptors (Lipinski definition) is 4. The van der Waals surface area contributed by atoms with E-state index in [0.29, 0.717) is 25.6 Å². The molecule has 2 aliphatic rings. The molecule has 2 saturated heterocycles. The van der Waals surface area contributed by atoms with Crippen molar-refractivity contribution in [3.63, 3.8) is 0 Å². The minimum absolute atomic E-state index is 0.235. The van der Waals surface area contributed by atoms with Gasteiger partial charge in [-0.15, -0.1) is 0 Å². The Bertz CT molecular complexity index is 374. The molecule has 2 fully saturated rings. The largest absolute Gasteiger partial charge is 0.378 e. The molecular formula is C13H27N3O3S. The smallest absolute Gasteiger partial charge is 0.279 e. The summed E-state index contributed by atoms with van der Waals surface area (Å²) < 4.78 is 34.1. The first-order chi connectivity index (χ1) is 9.62. The molecule has 0 bridgehead atoms. The maximum atomic E-state index is 12.2. The summed E-state index contributed by atoms with van der Waals surface area (Å²) in [5, 5.41) is 3.16. The van der Waals surface area contributed by atoms with Gasteiger partial charge in [-0.2, -0.15) is 12.7 Å². The van der Waals surface area contributed by atoms with Crippen molar-refractivity contribution < 1.29 is 13.2 Å². The normalized spacial score (nSPS) is 26.1. The van der Waals surface area contributed by atoms with Crippen LogP contribution in [0.2, 0.25) is 0 Å². The summed E-state index contributed by atoms with van der Waals surface area (Å²) in [6.07, 6.45) is 5.03. The number of nitrogens with one attached hydrogen (secondary N) is 2. The Morgan fingerprint density at radius 3 is 2.60 bits per heavy atom. The van der Waals surface area contributed by atoms with Crippen LogP contribution in [0.4, 0.5) is 0 Å². The van der Waals surface area contributed by atoms with Crippen LogP contribution in [-0.4, -0.2) is 58.7 Å². The lowest BCUT2D eigenvalue weighted by molar-refractivity contribution is 0.105. The molecule has 118 valence electrons. The lowest BCUT2D eigenvalue weighted by Gasteiger charge is -2.31. The van der Waals surface area contributed by atoms with Gasteiger partial charge in [-0.1, -0.05) is 0 Å². The first-order valence-corrected chi connectivity index (χ1v) is 9.07. The van der Waals surface area contributed by atoms with Gasteiger partial charge in [0, 0.05) is 26.2 Å². The third-order valence-corrected chi connectivity index (χ3v) is 5.79. The SMILES string of the molecule is CNCC1CCN(S(=O)(=O)NCCC2CCCO2)CC1. The van der Waals surface area contributed by atoms with Crippen LogP contribution < -0.4 is 10.0 Å². The predicted octanol–water partition coefficient (Wildman–Crippen LogP) is 0.321. The Morgan fingerprint density at radius 1 is 1.25 bits per heavy atom. The Labute approximate surface area is 122 Å². The van der Waals surface area contributed by atoms with Crippen LogP contribution in [0, 0.1) is 5.92 Å². The van der Waals surface area contributed by atoms with Crippen molar-refractivity contribution in [3.05, 3.63) is 0 Å². The highest BCUT2D eigenvalue weighted by Crippen LogP contribution is 2.19. The summed E-state index contributed by atoms with van der Waals surface area (Å²) in [7, 11) is -1.37. The molecule has 2 heterocycles. The van der Waals surface area contributed by atoms with Gasteiger partial charge >= 0.3 is 0 Å². The molecule has 2 rings (SSSR count). The van der Waals surface area contributed by atoms with Gasteiger partial charge in [-0.3, -0.25) is 0 Å². The Kier molecular flexibility index (Phi) is 6.22. The average molecular weight is 305 g/mol. The van der Waals surface area contributed by atoms with Crippen LogP contribution in [-0.2, 0) is 14.9 Å². The minimum Gasteiger partial charge on any atom is -0.378 e. The van der Waals surface area contributed by atoms with E-state index in [1.807, 2.05) is 7.05 Å². The molecule has 1 atom stereocenters. The molecule has 0 radical (unpaired) electrons. The lowest BCUT2D eigenvalue weighted by Crippen LogP contribution is -2.46. The third kappa shape index (κ3) is 4.66. The molecule has 7 heteroatoms. The maximum Gasteiger partial charge on any atom is 0.279 e. The summed E-state index contributed by atoms with van der Waals surface area (Å²) in [6.45, 7) is 3.52. The van der Waals surface area contributed by atoms with Gasteiger partial charge in [0.25, 0.3) is 10.2 Å². The Hall–Kier alpha value is -0.210. The van der Waals surface area contributed by atoms with Crippen molar-refractivity contribution in [2.24, 2.45) is 5.92 Å². The van der Waals surface area contributed by atoms with E-state index in [9.17, 15) is 8.42 Å². The molecule has 6 nitrogen and oxygen atoms in total.